The Balaban J connectivity index is 0.00000684. The Kier molecular flexibility index (Phi) is 17.3. The molecule has 0 spiro atoms. The number of carbonyl (C=O) groups is 1. The minimum atomic E-state index is -3.45. The SMILES string of the molecule is CCOC(=O)c1c(CCCOc2cccc3ccccc23)c2cccc(-c3c(COc4ccc(N5CCN(S(=O)(=O)N(C)C)CC5)cc4)nn(C)c3CBr)c2n1CCCNCc1ccccc1.Cl. The van der Waals surface area contributed by atoms with Crippen molar-refractivity contribution >= 4 is 71.9 Å². The lowest BCUT2D eigenvalue weighted by molar-refractivity contribution is 0.0512. The van der Waals surface area contributed by atoms with Gasteiger partial charge in [-0.3, -0.25) is 4.68 Å². The summed E-state index contributed by atoms with van der Waals surface area (Å²) >= 11 is 3.79. The summed E-state index contributed by atoms with van der Waals surface area (Å²) in [4.78, 5) is 16.5. The molecule has 16 heteroatoms. The highest BCUT2D eigenvalue weighted by atomic mass is 79.9. The zero-order valence-corrected chi connectivity index (χ0v) is 42.4. The molecule has 0 atom stereocenters. The van der Waals surface area contributed by atoms with E-state index in [4.69, 9.17) is 19.3 Å². The van der Waals surface area contributed by atoms with Crippen LogP contribution in [0.4, 0.5) is 5.69 Å². The lowest BCUT2D eigenvalue weighted by atomic mass is 9.98. The van der Waals surface area contributed by atoms with Crippen LogP contribution in [0.25, 0.3) is 32.8 Å². The Labute approximate surface area is 414 Å². The number of para-hydroxylation sites is 1. The lowest BCUT2D eigenvalue weighted by Gasteiger charge is -2.36. The van der Waals surface area contributed by atoms with Crippen LogP contribution in [0.15, 0.2) is 115 Å². The zero-order chi connectivity index (χ0) is 46.9. The minimum Gasteiger partial charge on any atom is -0.493 e. The number of hydrogen-bond acceptors (Lipinski definition) is 9. The van der Waals surface area contributed by atoms with Crippen LogP contribution in [0, 0.1) is 0 Å². The highest BCUT2D eigenvalue weighted by Gasteiger charge is 2.30. The molecule has 1 aliphatic heterocycles. The number of ether oxygens (including phenoxy) is 3. The van der Waals surface area contributed by atoms with E-state index in [0.29, 0.717) is 68.9 Å². The predicted octanol–water partition coefficient (Wildman–Crippen LogP) is 9.39. The average Bonchev–Trinajstić information content (AvgIpc) is 3.85. The first-order valence-electron chi connectivity index (χ1n) is 23.0. The van der Waals surface area contributed by atoms with E-state index in [1.165, 1.54) is 14.2 Å². The van der Waals surface area contributed by atoms with Crippen LogP contribution >= 0.6 is 28.3 Å². The average molecular weight is 1030 g/mol. The smallest absolute Gasteiger partial charge is 0.355 e. The summed E-state index contributed by atoms with van der Waals surface area (Å²) in [5.41, 5.74) is 8.36. The highest BCUT2D eigenvalue weighted by molar-refractivity contribution is 9.08. The molecule has 0 amide bonds. The molecule has 0 aliphatic carbocycles. The summed E-state index contributed by atoms with van der Waals surface area (Å²) in [6, 6.07) is 39.0. The van der Waals surface area contributed by atoms with Crippen LogP contribution in [0.1, 0.15) is 52.8 Å². The highest BCUT2D eigenvalue weighted by Crippen LogP contribution is 2.40. The number of piperazine rings is 1. The molecular formula is C52H61BrClN7O6S. The number of rotatable bonds is 21. The number of anilines is 1. The third-order valence-corrected chi connectivity index (χ3v) is 14.9. The van der Waals surface area contributed by atoms with Crippen molar-refractivity contribution in [3.8, 4) is 22.6 Å². The van der Waals surface area contributed by atoms with Gasteiger partial charge in [-0.2, -0.15) is 22.1 Å². The van der Waals surface area contributed by atoms with Crippen LogP contribution in [0.2, 0.25) is 0 Å². The Morgan fingerprint density at radius 1 is 0.838 bits per heavy atom. The quantitative estimate of drug-likeness (QED) is 0.0426. The van der Waals surface area contributed by atoms with E-state index >= 15 is 0 Å². The number of carbonyl (C=O) groups excluding carboxylic acids is 1. The van der Waals surface area contributed by atoms with E-state index in [0.717, 1.165) is 80.7 Å². The van der Waals surface area contributed by atoms with Crippen molar-refractivity contribution in [3.63, 3.8) is 0 Å². The van der Waals surface area contributed by atoms with Crippen molar-refractivity contribution < 1.29 is 27.4 Å². The molecule has 0 radical (unpaired) electrons. The summed E-state index contributed by atoms with van der Waals surface area (Å²) in [7, 11) is 1.62. The fraction of sp³-hybridized carbons (Fsp3) is 0.346. The van der Waals surface area contributed by atoms with Crippen LogP contribution in [-0.2, 0) is 53.4 Å². The van der Waals surface area contributed by atoms with Gasteiger partial charge >= 0.3 is 5.97 Å². The molecule has 1 fully saturated rings. The predicted molar refractivity (Wildman–Crippen MR) is 278 cm³/mol. The molecule has 1 aliphatic rings. The topological polar surface area (TPSA) is 123 Å². The van der Waals surface area contributed by atoms with E-state index in [1.807, 2.05) is 73.3 Å². The number of nitrogens with zero attached hydrogens (tertiary/aromatic N) is 6. The molecule has 13 nitrogen and oxygen atoms in total. The van der Waals surface area contributed by atoms with E-state index in [2.05, 4.69) is 91.4 Å². The number of hydrogen-bond donors (Lipinski definition) is 1. The maximum absolute atomic E-state index is 14.3. The van der Waals surface area contributed by atoms with Gasteiger partial charge in [-0.05, 0) is 79.6 Å². The molecule has 1 N–H and O–H groups in total. The molecular weight excluding hydrogens is 966 g/mol. The monoisotopic (exact) mass is 1030 g/mol. The molecule has 5 aromatic carbocycles. The summed E-state index contributed by atoms with van der Waals surface area (Å²) < 4.78 is 51.0. The van der Waals surface area contributed by atoms with Crippen molar-refractivity contribution in [2.45, 2.75) is 51.2 Å². The van der Waals surface area contributed by atoms with E-state index in [9.17, 15) is 13.2 Å². The molecule has 360 valence electrons. The Bertz CT molecular complexity index is 2900. The third kappa shape index (κ3) is 11.2. The summed E-state index contributed by atoms with van der Waals surface area (Å²) in [5, 5.41) is 12.4. The molecule has 68 heavy (non-hydrogen) atoms. The van der Waals surface area contributed by atoms with E-state index < -0.39 is 10.2 Å². The number of alkyl halides is 1. The largest absolute Gasteiger partial charge is 0.493 e. The van der Waals surface area contributed by atoms with Crippen molar-refractivity contribution in [2.24, 2.45) is 7.05 Å². The molecule has 3 heterocycles. The summed E-state index contributed by atoms with van der Waals surface area (Å²) in [6.07, 6.45) is 2.06. The standard InChI is InChI=1S/C52H60BrN7O6S.ClH/c1-5-64-52(61)51-44(22-13-34-65-48-23-11-18-39-17-9-10-19-42(39)48)43-20-12-21-45(50(43)60(51)29-14-28-54-36-38-15-7-6-8-16-38)49-46(55-57(4)47(49)35-53)37-66-41-26-24-40(25-27-41)58-30-32-59(33-31-58)67(62,63)56(2)3;/h6-12,15-21,23-27,54H,5,13-14,22,28-37H2,1-4H3;1H. The van der Waals surface area contributed by atoms with Crippen molar-refractivity contribution in [3.05, 3.63) is 143 Å². The number of nitrogens with one attached hydrogen (secondary N) is 1. The normalized spacial score (nSPS) is 13.3. The number of halogens is 2. The molecule has 0 bridgehead atoms. The molecule has 2 aromatic heterocycles. The molecule has 0 unspecified atom stereocenters. The van der Waals surface area contributed by atoms with Gasteiger partial charge < -0.3 is 29.0 Å². The Morgan fingerprint density at radius 2 is 1.54 bits per heavy atom. The maximum Gasteiger partial charge on any atom is 0.355 e. The Hall–Kier alpha value is -5.42. The zero-order valence-electron chi connectivity index (χ0n) is 39.2. The summed E-state index contributed by atoms with van der Waals surface area (Å²) in [6.45, 7) is 6.89. The summed E-state index contributed by atoms with van der Waals surface area (Å²) in [5.74, 6) is 1.19. The van der Waals surface area contributed by atoms with Gasteiger partial charge in [0.15, 0.2) is 0 Å². The number of fused-ring (bicyclic) bond motifs is 2. The van der Waals surface area contributed by atoms with Crippen LogP contribution in [-0.4, -0.2) is 97.4 Å². The molecule has 1 saturated heterocycles. The second-order valence-electron chi connectivity index (χ2n) is 16.8. The molecule has 7 aromatic rings. The number of benzene rings is 5. The molecule has 0 saturated carbocycles. The maximum atomic E-state index is 14.3. The second kappa shape index (κ2) is 23.3. The fourth-order valence-electron chi connectivity index (χ4n) is 9.03. The van der Waals surface area contributed by atoms with Crippen molar-refractivity contribution in [2.75, 3.05) is 64.9 Å². The van der Waals surface area contributed by atoms with Crippen molar-refractivity contribution in [1.29, 1.82) is 0 Å². The van der Waals surface area contributed by atoms with Gasteiger partial charge in [-0.25, -0.2) is 4.79 Å². The van der Waals surface area contributed by atoms with Gasteiger partial charge in [0, 0.05) is 93.3 Å². The van der Waals surface area contributed by atoms with Crippen LogP contribution in [0.5, 0.6) is 11.5 Å². The second-order valence-corrected chi connectivity index (χ2v) is 19.5. The van der Waals surface area contributed by atoms with Gasteiger partial charge in [-0.15, -0.1) is 12.4 Å². The first-order chi connectivity index (χ1) is 32.6. The van der Waals surface area contributed by atoms with E-state index in [-0.39, 0.29) is 31.6 Å². The van der Waals surface area contributed by atoms with Gasteiger partial charge in [-0.1, -0.05) is 101 Å². The third-order valence-electron chi connectivity index (χ3n) is 12.4. The van der Waals surface area contributed by atoms with Crippen LogP contribution in [0.3, 0.4) is 0 Å². The minimum absolute atomic E-state index is 0. The van der Waals surface area contributed by atoms with Gasteiger partial charge in [0.1, 0.15) is 29.5 Å². The van der Waals surface area contributed by atoms with E-state index in [1.54, 1.807) is 14.1 Å². The van der Waals surface area contributed by atoms with Gasteiger partial charge in [0.2, 0.25) is 0 Å². The van der Waals surface area contributed by atoms with Gasteiger partial charge in [0.25, 0.3) is 10.2 Å². The number of aryl methyl sites for hydroxylation is 3. The van der Waals surface area contributed by atoms with Crippen molar-refractivity contribution in [1.82, 2.24) is 28.3 Å². The van der Waals surface area contributed by atoms with Gasteiger partial charge in [0.05, 0.1) is 24.4 Å². The van der Waals surface area contributed by atoms with Crippen LogP contribution < -0.4 is 19.7 Å². The number of esters is 1. The first-order valence-corrected chi connectivity index (χ1v) is 25.5. The Morgan fingerprint density at radius 3 is 2.28 bits per heavy atom. The fourth-order valence-corrected chi connectivity index (χ4v) is 10.8. The molecule has 8 rings (SSSR count). The lowest BCUT2D eigenvalue weighted by Crippen LogP contribution is -2.51. The number of aromatic nitrogens is 3. The first kappa shape index (κ1) is 50.5.